The molecule has 1 atom stereocenters. The molecular formula is C21H23ClN4O4. The largest absolute Gasteiger partial charge is 0.506 e. The number of carbonyl (C=O) groups excluding carboxylic acids is 1. The molecule has 0 saturated carbocycles. The number of phenols is 1. The molecule has 1 aromatic carbocycles. The Kier molecular flexibility index (Phi) is 4.97. The molecule has 1 N–H and O–H groups in total. The molecule has 0 unspecified atom stereocenters. The summed E-state index contributed by atoms with van der Waals surface area (Å²) in [6.45, 7) is 6.28. The Hall–Kier alpha value is -3.00. The van der Waals surface area contributed by atoms with Crippen LogP contribution >= 0.6 is 11.6 Å². The van der Waals surface area contributed by atoms with Crippen LogP contribution in [0.15, 0.2) is 41.3 Å². The molecule has 158 valence electrons. The minimum atomic E-state index is -0.588. The number of aromatic nitrogens is 3. The van der Waals surface area contributed by atoms with E-state index < -0.39 is 11.7 Å². The van der Waals surface area contributed by atoms with Gasteiger partial charge in [-0.2, -0.15) is 0 Å². The Bertz CT molecular complexity index is 1180. The lowest BCUT2D eigenvalue weighted by Gasteiger charge is -2.24. The number of halogens is 1. The van der Waals surface area contributed by atoms with Gasteiger partial charge in [0.15, 0.2) is 5.65 Å². The maximum absolute atomic E-state index is 13.4. The zero-order chi connectivity index (χ0) is 21.6. The number of ether oxygens (including phenoxy) is 1. The number of nitrogens with zero attached hydrogens (tertiary/aromatic N) is 4. The molecule has 2 aromatic heterocycles. The van der Waals surface area contributed by atoms with Crippen molar-refractivity contribution in [2.45, 2.75) is 38.8 Å². The first-order valence-corrected chi connectivity index (χ1v) is 10.1. The van der Waals surface area contributed by atoms with Gasteiger partial charge in [0, 0.05) is 30.4 Å². The standard InChI is InChI=1S/C21H23ClN4O4/c1-21(2,3)30-20(29)24-10-8-14(12-24)25-18-16(5-4-9-23-18)26(19(25)28)15-7-6-13(22)11-17(15)27/h4-7,9,11,14,27H,8,10,12H2,1-3H3/t14-/m0/s1. The summed E-state index contributed by atoms with van der Waals surface area (Å²) >= 11 is 5.95. The summed E-state index contributed by atoms with van der Waals surface area (Å²) in [4.78, 5) is 31.9. The molecule has 30 heavy (non-hydrogen) atoms. The number of pyridine rings is 1. The number of hydrogen-bond acceptors (Lipinski definition) is 5. The maximum Gasteiger partial charge on any atom is 0.410 e. The van der Waals surface area contributed by atoms with Gasteiger partial charge in [0.05, 0.1) is 17.2 Å². The number of amides is 1. The van der Waals surface area contributed by atoms with Crippen LogP contribution in [0.2, 0.25) is 5.02 Å². The number of rotatable bonds is 2. The van der Waals surface area contributed by atoms with E-state index in [0.717, 1.165) is 0 Å². The highest BCUT2D eigenvalue weighted by atomic mass is 35.5. The number of imidazole rings is 1. The average molecular weight is 431 g/mol. The van der Waals surface area contributed by atoms with Crippen molar-refractivity contribution < 1.29 is 14.6 Å². The van der Waals surface area contributed by atoms with Gasteiger partial charge in [-0.15, -0.1) is 0 Å². The van der Waals surface area contributed by atoms with Gasteiger partial charge >= 0.3 is 11.8 Å². The highest BCUT2D eigenvalue weighted by Gasteiger charge is 2.33. The molecule has 8 nitrogen and oxygen atoms in total. The van der Waals surface area contributed by atoms with Crippen molar-refractivity contribution in [3.8, 4) is 11.4 Å². The minimum Gasteiger partial charge on any atom is -0.506 e. The number of phenolic OH excluding ortho intramolecular Hbond substituents is 1. The second-order valence-electron chi connectivity index (χ2n) is 8.34. The van der Waals surface area contributed by atoms with Crippen LogP contribution in [0.3, 0.4) is 0 Å². The minimum absolute atomic E-state index is 0.102. The second kappa shape index (κ2) is 7.36. The molecule has 0 spiro atoms. The third-order valence-electron chi connectivity index (χ3n) is 4.99. The summed E-state index contributed by atoms with van der Waals surface area (Å²) in [5, 5.41) is 10.8. The second-order valence-corrected chi connectivity index (χ2v) is 8.77. The van der Waals surface area contributed by atoms with Crippen LogP contribution < -0.4 is 5.69 Å². The molecule has 0 aliphatic carbocycles. The number of fused-ring (bicyclic) bond motifs is 1. The average Bonchev–Trinajstić information content (AvgIpc) is 3.23. The van der Waals surface area contributed by atoms with Gasteiger partial charge in [-0.25, -0.2) is 14.6 Å². The molecule has 9 heteroatoms. The molecule has 0 bridgehead atoms. The monoisotopic (exact) mass is 430 g/mol. The van der Waals surface area contributed by atoms with Crippen molar-refractivity contribution in [2.24, 2.45) is 0 Å². The Balaban J connectivity index is 1.76. The fourth-order valence-electron chi connectivity index (χ4n) is 3.74. The van der Waals surface area contributed by atoms with E-state index in [1.807, 2.05) is 20.8 Å². The third kappa shape index (κ3) is 3.63. The Morgan fingerprint density at radius 2 is 2.07 bits per heavy atom. The van der Waals surface area contributed by atoms with Crippen LogP contribution in [0.1, 0.15) is 33.2 Å². The summed E-state index contributed by atoms with van der Waals surface area (Å²) in [7, 11) is 0. The molecule has 3 aromatic rings. The number of carbonyl (C=O) groups is 1. The van der Waals surface area contributed by atoms with Crippen LogP contribution in [-0.2, 0) is 4.74 Å². The number of likely N-dealkylation sites (tertiary alicyclic amines) is 1. The summed E-state index contributed by atoms with van der Waals surface area (Å²) in [5.74, 6) is -0.102. The van der Waals surface area contributed by atoms with Gasteiger partial charge in [0.2, 0.25) is 0 Å². The van der Waals surface area contributed by atoms with E-state index in [1.54, 1.807) is 39.9 Å². The molecule has 0 radical (unpaired) electrons. The van der Waals surface area contributed by atoms with Crippen molar-refractivity contribution in [3.05, 3.63) is 52.0 Å². The Labute approximate surface area is 178 Å². The van der Waals surface area contributed by atoms with E-state index in [-0.39, 0.29) is 17.5 Å². The Morgan fingerprint density at radius 1 is 1.30 bits per heavy atom. The van der Waals surface area contributed by atoms with E-state index >= 15 is 0 Å². The fourth-order valence-corrected chi connectivity index (χ4v) is 3.91. The molecule has 4 rings (SSSR count). The molecule has 1 aliphatic rings. The van der Waals surface area contributed by atoms with Gasteiger partial charge < -0.3 is 14.7 Å². The SMILES string of the molecule is CC(C)(C)OC(=O)N1CC[C@H](n2c(=O)n(-c3ccc(Cl)cc3O)c3cccnc32)C1. The third-order valence-corrected chi connectivity index (χ3v) is 5.23. The van der Waals surface area contributed by atoms with Crippen molar-refractivity contribution in [1.82, 2.24) is 19.0 Å². The van der Waals surface area contributed by atoms with Crippen molar-refractivity contribution >= 4 is 28.9 Å². The van der Waals surface area contributed by atoms with Gasteiger partial charge in [-0.3, -0.25) is 9.13 Å². The van der Waals surface area contributed by atoms with Crippen molar-refractivity contribution in [1.29, 1.82) is 0 Å². The quantitative estimate of drug-likeness (QED) is 0.669. The highest BCUT2D eigenvalue weighted by molar-refractivity contribution is 6.30. The predicted octanol–water partition coefficient (Wildman–Crippen LogP) is 3.73. The first-order chi connectivity index (χ1) is 14.2. The Morgan fingerprint density at radius 3 is 2.77 bits per heavy atom. The van der Waals surface area contributed by atoms with Gasteiger partial charge in [-0.1, -0.05) is 11.6 Å². The number of benzene rings is 1. The lowest BCUT2D eigenvalue weighted by molar-refractivity contribution is 0.0289. The van der Waals surface area contributed by atoms with E-state index in [2.05, 4.69) is 4.98 Å². The topological polar surface area (TPSA) is 89.6 Å². The van der Waals surface area contributed by atoms with Gasteiger partial charge in [0.25, 0.3) is 0 Å². The molecule has 1 saturated heterocycles. The fraction of sp³-hybridized carbons (Fsp3) is 0.381. The summed E-state index contributed by atoms with van der Waals surface area (Å²) in [6.07, 6.45) is 1.82. The summed E-state index contributed by atoms with van der Waals surface area (Å²) < 4.78 is 8.47. The zero-order valence-corrected chi connectivity index (χ0v) is 17.8. The smallest absolute Gasteiger partial charge is 0.410 e. The first kappa shape index (κ1) is 20.3. The van der Waals surface area contributed by atoms with Crippen LogP contribution in [0.4, 0.5) is 4.79 Å². The van der Waals surface area contributed by atoms with Gasteiger partial charge in [0.1, 0.15) is 11.4 Å². The zero-order valence-electron chi connectivity index (χ0n) is 17.0. The summed E-state index contributed by atoms with van der Waals surface area (Å²) in [5.41, 5.74) is 0.458. The predicted molar refractivity (Wildman–Crippen MR) is 113 cm³/mol. The number of aromatic hydroxyl groups is 1. The van der Waals surface area contributed by atoms with Crippen LogP contribution in [0, 0.1) is 0 Å². The molecule has 1 aliphatic heterocycles. The molecule has 1 fully saturated rings. The van der Waals surface area contributed by atoms with E-state index in [1.165, 1.54) is 10.6 Å². The van der Waals surface area contributed by atoms with Crippen molar-refractivity contribution in [2.75, 3.05) is 13.1 Å². The lowest BCUT2D eigenvalue weighted by atomic mass is 10.2. The number of hydrogen-bond donors (Lipinski definition) is 1. The van der Waals surface area contributed by atoms with Crippen molar-refractivity contribution in [3.63, 3.8) is 0 Å². The van der Waals surface area contributed by atoms with E-state index in [4.69, 9.17) is 16.3 Å². The highest BCUT2D eigenvalue weighted by Crippen LogP contribution is 2.30. The van der Waals surface area contributed by atoms with Crippen LogP contribution in [0.5, 0.6) is 5.75 Å². The molecule has 3 heterocycles. The van der Waals surface area contributed by atoms with Crippen LogP contribution in [-0.4, -0.2) is 48.9 Å². The maximum atomic E-state index is 13.4. The van der Waals surface area contributed by atoms with E-state index in [9.17, 15) is 14.7 Å². The first-order valence-electron chi connectivity index (χ1n) is 9.70. The van der Waals surface area contributed by atoms with Crippen LogP contribution in [0.25, 0.3) is 16.9 Å². The lowest BCUT2D eigenvalue weighted by Crippen LogP contribution is -2.36. The van der Waals surface area contributed by atoms with Gasteiger partial charge in [-0.05, 0) is 51.5 Å². The van der Waals surface area contributed by atoms with E-state index in [0.29, 0.717) is 41.4 Å². The molecular weight excluding hydrogens is 408 g/mol. The molecule has 1 amide bonds. The summed E-state index contributed by atoms with van der Waals surface area (Å²) in [6, 6.07) is 7.85. The normalized spacial score (nSPS) is 16.9.